The maximum absolute atomic E-state index is 11.9. The van der Waals surface area contributed by atoms with Crippen LogP contribution in [0, 0.1) is 11.3 Å². The lowest BCUT2D eigenvalue weighted by Crippen LogP contribution is -2.22. The van der Waals surface area contributed by atoms with Gasteiger partial charge in [0.15, 0.2) is 0 Å². The van der Waals surface area contributed by atoms with E-state index in [2.05, 4.69) is 6.92 Å². The van der Waals surface area contributed by atoms with Gasteiger partial charge in [0.25, 0.3) is 0 Å². The molecule has 0 saturated heterocycles. The van der Waals surface area contributed by atoms with Crippen LogP contribution in [-0.2, 0) is 11.2 Å². The van der Waals surface area contributed by atoms with Crippen molar-refractivity contribution in [1.29, 1.82) is 0 Å². The largest absolute Gasteiger partial charge is 0.299 e. The number of ketones is 1. The molecule has 1 rings (SSSR count). The van der Waals surface area contributed by atoms with Crippen LogP contribution in [0.4, 0.5) is 0 Å². The minimum Gasteiger partial charge on any atom is -0.299 e. The van der Waals surface area contributed by atoms with Crippen LogP contribution in [0.25, 0.3) is 0 Å². The molecule has 0 saturated carbocycles. The second kappa shape index (κ2) is 5.68. The molecule has 0 aliphatic heterocycles. The van der Waals surface area contributed by atoms with Crippen molar-refractivity contribution in [2.45, 2.75) is 40.5 Å². The summed E-state index contributed by atoms with van der Waals surface area (Å²) in [6.45, 7) is 8.01. The van der Waals surface area contributed by atoms with E-state index in [9.17, 15) is 4.79 Å². The number of rotatable bonds is 4. The molecule has 1 unspecified atom stereocenters. The Labute approximate surface area is 109 Å². The number of carbonyl (C=O) groups is 1. The van der Waals surface area contributed by atoms with Crippen LogP contribution in [0.3, 0.4) is 0 Å². The zero-order valence-electron chi connectivity index (χ0n) is 11.1. The molecule has 0 fully saturated rings. The molecule has 1 aromatic rings. The lowest BCUT2D eigenvalue weighted by molar-refractivity contribution is -0.127. The summed E-state index contributed by atoms with van der Waals surface area (Å²) in [5.74, 6) is 0.652. The summed E-state index contributed by atoms with van der Waals surface area (Å²) in [7, 11) is 0. The quantitative estimate of drug-likeness (QED) is 0.770. The van der Waals surface area contributed by atoms with Crippen LogP contribution in [0.5, 0.6) is 0 Å². The van der Waals surface area contributed by atoms with E-state index in [1.807, 2.05) is 45.0 Å². The number of Topliss-reactive ketones (excluding diaryl/α,β-unsaturated/α-hetero) is 1. The summed E-state index contributed by atoms with van der Waals surface area (Å²) in [4.78, 5) is 11.9. The second-order valence-electron chi connectivity index (χ2n) is 5.78. The molecule has 94 valence electrons. The lowest BCUT2D eigenvalue weighted by Gasteiger charge is -2.20. The number of benzene rings is 1. The Morgan fingerprint density at radius 3 is 2.41 bits per heavy atom. The number of halogens is 1. The Balaban J connectivity index is 2.59. The van der Waals surface area contributed by atoms with Crippen molar-refractivity contribution in [2.24, 2.45) is 11.3 Å². The smallest absolute Gasteiger partial charge is 0.138 e. The Hall–Kier alpha value is -0.820. The van der Waals surface area contributed by atoms with Gasteiger partial charge in [-0.15, -0.1) is 0 Å². The summed E-state index contributed by atoms with van der Waals surface area (Å²) >= 11 is 6.11. The van der Waals surface area contributed by atoms with Crippen LogP contribution in [-0.4, -0.2) is 5.78 Å². The highest BCUT2D eigenvalue weighted by Crippen LogP contribution is 2.24. The highest BCUT2D eigenvalue weighted by atomic mass is 35.5. The molecule has 1 aromatic carbocycles. The Kier molecular flexibility index (Phi) is 4.76. The second-order valence-corrected chi connectivity index (χ2v) is 6.19. The van der Waals surface area contributed by atoms with Crippen LogP contribution < -0.4 is 0 Å². The van der Waals surface area contributed by atoms with Gasteiger partial charge in [-0.3, -0.25) is 4.79 Å². The van der Waals surface area contributed by atoms with E-state index in [-0.39, 0.29) is 5.41 Å². The fourth-order valence-corrected chi connectivity index (χ4v) is 1.95. The van der Waals surface area contributed by atoms with Crippen molar-refractivity contribution in [3.63, 3.8) is 0 Å². The summed E-state index contributed by atoms with van der Waals surface area (Å²) in [6, 6.07) is 7.84. The van der Waals surface area contributed by atoms with Gasteiger partial charge >= 0.3 is 0 Å². The molecule has 0 aromatic heterocycles. The Bertz CT molecular complexity index is 390. The molecule has 0 spiro atoms. The lowest BCUT2D eigenvalue weighted by atomic mass is 9.84. The molecule has 0 N–H and O–H groups in total. The highest BCUT2D eigenvalue weighted by Gasteiger charge is 2.23. The van der Waals surface area contributed by atoms with Gasteiger partial charge in [0.05, 0.1) is 0 Å². The van der Waals surface area contributed by atoms with Crippen molar-refractivity contribution in [3.8, 4) is 0 Å². The summed E-state index contributed by atoms with van der Waals surface area (Å²) < 4.78 is 0. The van der Waals surface area contributed by atoms with Crippen LogP contribution in [0.1, 0.15) is 39.7 Å². The molecule has 1 atom stereocenters. The monoisotopic (exact) mass is 252 g/mol. The normalized spacial score (nSPS) is 13.5. The average molecular weight is 253 g/mol. The molecule has 0 bridgehead atoms. The molecule has 1 nitrogen and oxygen atoms in total. The van der Waals surface area contributed by atoms with E-state index in [1.54, 1.807) is 0 Å². The van der Waals surface area contributed by atoms with Gasteiger partial charge < -0.3 is 0 Å². The molecule has 0 radical (unpaired) electrons. The third-order valence-electron chi connectivity index (χ3n) is 2.90. The predicted octanol–water partition coefficient (Wildman–Crippen LogP) is 4.52. The van der Waals surface area contributed by atoms with Crippen molar-refractivity contribution < 1.29 is 4.79 Å². The van der Waals surface area contributed by atoms with Gasteiger partial charge in [0, 0.05) is 16.9 Å². The summed E-state index contributed by atoms with van der Waals surface area (Å²) in [6.07, 6.45) is 1.48. The minimum absolute atomic E-state index is 0.241. The van der Waals surface area contributed by atoms with Gasteiger partial charge in [-0.05, 0) is 24.0 Å². The van der Waals surface area contributed by atoms with Gasteiger partial charge in [-0.25, -0.2) is 0 Å². The van der Waals surface area contributed by atoms with E-state index in [0.717, 1.165) is 17.0 Å². The van der Waals surface area contributed by atoms with Gasteiger partial charge in [-0.1, -0.05) is 57.5 Å². The minimum atomic E-state index is -0.241. The third kappa shape index (κ3) is 4.51. The van der Waals surface area contributed by atoms with Gasteiger partial charge in [-0.2, -0.15) is 0 Å². The van der Waals surface area contributed by atoms with Crippen molar-refractivity contribution in [3.05, 3.63) is 34.9 Å². The maximum atomic E-state index is 11.9. The molecule has 0 amide bonds. The molecule has 0 aliphatic carbocycles. The Morgan fingerprint density at radius 1 is 1.29 bits per heavy atom. The molecular weight excluding hydrogens is 232 g/mol. The number of carbonyl (C=O) groups excluding carboxylic acids is 1. The van der Waals surface area contributed by atoms with Crippen LogP contribution in [0.2, 0.25) is 5.02 Å². The predicted molar refractivity (Wildman–Crippen MR) is 73.4 cm³/mol. The fourth-order valence-electron chi connectivity index (χ4n) is 1.73. The maximum Gasteiger partial charge on any atom is 0.138 e. The van der Waals surface area contributed by atoms with E-state index in [1.165, 1.54) is 0 Å². The first-order valence-electron chi connectivity index (χ1n) is 6.07. The number of hydrogen-bond donors (Lipinski definition) is 0. The molecule has 2 heteroatoms. The number of hydrogen-bond acceptors (Lipinski definition) is 1. The fraction of sp³-hybridized carbons (Fsp3) is 0.533. The molecular formula is C15H21ClO. The standard InChI is InChI=1S/C15H21ClO/c1-11(10-14(17)15(2,3)4)9-12-7-5-6-8-13(12)16/h5-8,11H,9-10H2,1-4H3. The SMILES string of the molecule is CC(CC(=O)C(C)(C)C)Cc1ccccc1Cl. The van der Waals surface area contributed by atoms with E-state index in [0.29, 0.717) is 18.1 Å². The summed E-state index contributed by atoms with van der Waals surface area (Å²) in [5, 5.41) is 0.794. The van der Waals surface area contributed by atoms with Crippen molar-refractivity contribution in [1.82, 2.24) is 0 Å². The van der Waals surface area contributed by atoms with E-state index < -0.39 is 0 Å². The zero-order chi connectivity index (χ0) is 13.1. The van der Waals surface area contributed by atoms with Crippen LogP contribution >= 0.6 is 11.6 Å². The molecule has 17 heavy (non-hydrogen) atoms. The van der Waals surface area contributed by atoms with Crippen molar-refractivity contribution in [2.75, 3.05) is 0 Å². The van der Waals surface area contributed by atoms with Crippen molar-refractivity contribution >= 4 is 17.4 Å². The average Bonchev–Trinajstić information content (AvgIpc) is 2.20. The first kappa shape index (κ1) is 14.2. The summed E-state index contributed by atoms with van der Waals surface area (Å²) in [5.41, 5.74) is 0.887. The third-order valence-corrected chi connectivity index (χ3v) is 3.27. The molecule has 0 heterocycles. The Morgan fingerprint density at radius 2 is 1.88 bits per heavy atom. The topological polar surface area (TPSA) is 17.1 Å². The first-order valence-corrected chi connectivity index (χ1v) is 6.45. The van der Waals surface area contributed by atoms with E-state index >= 15 is 0 Å². The zero-order valence-corrected chi connectivity index (χ0v) is 11.8. The van der Waals surface area contributed by atoms with Gasteiger partial charge in [0.2, 0.25) is 0 Å². The van der Waals surface area contributed by atoms with E-state index in [4.69, 9.17) is 11.6 Å². The molecule has 0 aliphatic rings. The first-order chi connectivity index (χ1) is 7.80. The van der Waals surface area contributed by atoms with Gasteiger partial charge in [0.1, 0.15) is 5.78 Å². The van der Waals surface area contributed by atoms with Crippen LogP contribution in [0.15, 0.2) is 24.3 Å². The highest BCUT2D eigenvalue weighted by molar-refractivity contribution is 6.31.